The largest absolute Gasteiger partial charge is 0.456 e. The molecule has 0 unspecified atom stereocenters. The van der Waals surface area contributed by atoms with E-state index in [0.717, 1.165) is 23.4 Å². The Morgan fingerprint density at radius 3 is 2.31 bits per heavy atom. The van der Waals surface area contributed by atoms with E-state index in [1.165, 1.54) is 11.8 Å². The summed E-state index contributed by atoms with van der Waals surface area (Å²) >= 11 is 1.47. The fourth-order valence-electron chi connectivity index (χ4n) is 2.16. The molecule has 0 atom stereocenters. The van der Waals surface area contributed by atoms with Gasteiger partial charge in [0.25, 0.3) is 5.91 Å². The fourth-order valence-corrected chi connectivity index (χ4v) is 2.62. The highest BCUT2D eigenvalue weighted by molar-refractivity contribution is 7.98. The molecule has 2 N–H and O–H groups in total. The lowest BCUT2D eigenvalue weighted by Gasteiger charge is -2.10. The fraction of sp³-hybridized carbons (Fsp3) is 0.588. The van der Waals surface area contributed by atoms with Gasteiger partial charge in [0.2, 0.25) is 5.91 Å². The van der Waals surface area contributed by atoms with E-state index in [1.807, 2.05) is 27.0 Å². The first-order valence-electron chi connectivity index (χ1n) is 8.44. The van der Waals surface area contributed by atoms with Crippen LogP contribution in [0.25, 0.3) is 0 Å². The van der Waals surface area contributed by atoms with Gasteiger partial charge >= 0.3 is 5.97 Å². The number of thioether (sulfide) groups is 1. The molecule has 144 valence electrons. The maximum atomic E-state index is 11.8. The monoisotopic (exact) mass is 382 g/mol. The van der Waals surface area contributed by atoms with Gasteiger partial charge in [0.1, 0.15) is 0 Å². The molecule has 0 aliphatic heterocycles. The molecule has 0 aromatic carbocycles. The number of ether oxygens (including phenoxy) is 1. The van der Waals surface area contributed by atoms with Crippen molar-refractivity contribution in [1.82, 2.24) is 20.6 Å². The van der Waals surface area contributed by atoms with Crippen molar-refractivity contribution in [2.75, 3.05) is 26.0 Å². The highest BCUT2D eigenvalue weighted by Crippen LogP contribution is 2.17. The van der Waals surface area contributed by atoms with Gasteiger partial charge in [-0.05, 0) is 38.5 Å². The Morgan fingerprint density at radius 2 is 1.73 bits per heavy atom. The summed E-state index contributed by atoms with van der Waals surface area (Å²) in [5.41, 5.74) is 2.59. The Hall–Kier alpha value is -2.16. The number of carbonyl (C=O) groups excluding carboxylic acids is 3. The van der Waals surface area contributed by atoms with Crippen molar-refractivity contribution in [1.29, 1.82) is 0 Å². The van der Waals surface area contributed by atoms with E-state index >= 15 is 0 Å². The second kappa shape index (κ2) is 11.5. The molecule has 1 rings (SSSR count). The molecule has 26 heavy (non-hydrogen) atoms. The highest BCUT2D eigenvalue weighted by Gasteiger charge is 2.13. The number of carbonyl (C=O) groups is 3. The summed E-state index contributed by atoms with van der Waals surface area (Å²) in [6, 6.07) is 0. The molecule has 0 radical (unpaired) electrons. The minimum absolute atomic E-state index is 0.131. The topological polar surface area (TPSA) is 110 Å². The van der Waals surface area contributed by atoms with Gasteiger partial charge in [-0.1, -0.05) is 18.7 Å². The first kappa shape index (κ1) is 21.9. The van der Waals surface area contributed by atoms with Crippen molar-refractivity contribution in [2.24, 2.45) is 0 Å². The SMILES string of the molecule is CCCNC(=O)CNC(=O)COC(=O)CCc1c(C)nc(SC)nc1C. The van der Waals surface area contributed by atoms with Crippen molar-refractivity contribution in [3.63, 3.8) is 0 Å². The number of aryl methyl sites for hydroxylation is 2. The Labute approximate surface area is 157 Å². The molecule has 0 bridgehead atoms. The van der Waals surface area contributed by atoms with Crippen molar-refractivity contribution < 1.29 is 19.1 Å². The zero-order valence-electron chi connectivity index (χ0n) is 15.7. The molecule has 0 saturated heterocycles. The van der Waals surface area contributed by atoms with Crippen molar-refractivity contribution in [2.45, 2.75) is 45.2 Å². The van der Waals surface area contributed by atoms with Crippen LogP contribution in [0.5, 0.6) is 0 Å². The van der Waals surface area contributed by atoms with Crippen LogP contribution in [0.1, 0.15) is 36.7 Å². The number of hydrogen-bond acceptors (Lipinski definition) is 7. The van der Waals surface area contributed by atoms with Gasteiger partial charge in [-0.3, -0.25) is 14.4 Å². The number of rotatable bonds is 10. The van der Waals surface area contributed by atoms with Gasteiger partial charge in [0, 0.05) is 24.4 Å². The van der Waals surface area contributed by atoms with Crippen LogP contribution in [0.2, 0.25) is 0 Å². The second-order valence-corrected chi connectivity index (χ2v) is 6.42. The van der Waals surface area contributed by atoms with E-state index < -0.39 is 18.5 Å². The lowest BCUT2D eigenvalue weighted by Crippen LogP contribution is -2.38. The van der Waals surface area contributed by atoms with Crippen LogP contribution in [0.3, 0.4) is 0 Å². The van der Waals surface area contributed by atoms with Gasteiger partial charge in [-0.2, -0.15) is 0 Å². The van der Waals surface area contributed by atoms with Crippen LogP contribution < -0.4 is 10.6 Å². The van der Waals surface area contributed by atoms with Crippen molar-refractivity contribution >= 4 is 29.5 Å². The van der Waals surface area contributed by atoms with E-state index in [0.29, 0.717) is 18.1 Å². The molecule has 9 heteroatoms. The third kappa shape index (κ3) is 7.81. The molecule has 1 aromatic rings. The molecule has 8 nitrogen and oxygen atoms in total. The summed E-state index contributed by atoms with van der Waals surface area (Å²) in [5.74, 6) is -1.26. The van der Waals surface area contributed by atoms with Crippen molar-refractivity contribution in [3.05, 3.63) is 17.0 Å². The van der Waals surface area contributed by atoms with Gasteiger partial charge < -0.3 is 15.4 Å². The Balaban J connectivity index is 2.35. The van der Waals surface area contributed by atoms with Crippen LogP contribution >= 0.6 is 11.8 Å². The zero-order valence-corrected chi connectivity index (χ0v) is 16.5. The maximum Gasteiger partial charge on any atom is 0.306 e. The van der Waals surface area contributed by atoms with Gasteiger partial charge in [-0.15, -0.1) is 0 Å². The Kier molecular flexibility index (Phi) is 9.64. The minimum Gasteiger partial charge on any atom is -0.456 e. The highest BCUT2D eigenvalue weighted by atomic mass is 32.2. The Morgan fingerprint density at radius 1 is 1.08 bits per heavy atom. The molecule has 1 aromatic heterocycles. The van der Waals surface area contributed by atoms with Crippen LogP contribution in [-0.2, 0) is 25.5 Å². The minimum atomic E-state index is -0.509. The van der Waals surface area contributed by atoms with Crippen molar-refractivity contribution in [3.8, 4) is 0 Å². The quantitative estimate of drug-likeness (QED) is 0.352. The molecule has 2 amide bonds. The summed E-state index contributed by atoms with van der Waals surface area (Å²) in [7, 11) is 0. The lowest BCUT2D eigenvalue weighted by atomic mass is 10.1. The average Bonchev–Trinajstić information content (AvgIpc) is 2.61. The smallest absolute Gasteiger partial charge is 0.306 e. The summed E-state index contributed by atoms with van der Waals surface area (Å²) in [6.45, 7) is 5.72. The third-order valence-electron chi connectivity index (χ3n) is 3.54. The van der Waals surface area contributed by atoms with E-state index in [2.05, 4.69) is 20.6 Å². The van der Waals surface area contributed by atoms with Gasteiger partial charge in [-0.25, -0.2) is 9.97 Å². The maximum absolute atomic E-state index is 11.8. The third-order valence-corrected chi connectivity index (χ3v) is 4.09. The van der Waals surface area contributed by atoms with Crippen LogP contribution in [0, 0.1) is 13.8 Å². The first-order chi connectivity index (χ1) is 12.4. The molecule has 0 spiro atoms. The van der Waals surface area contributed by atoms with E-state index in [4.69, 9.17) is 4.74 Å². The van der Waals surface area contributed by atoms with E-state index in [9.17, 15) is 14.4 Å². The standard InChI is InChI=1S/C17H26N4O4S/c1-5-8-18-14(22)9-19-15(23)10-25-16(24)7-6-13-11(2)20-17(26-4)21-12(13)3/h5-10H2,1-4H3,(H,18,22)(H,19,23). The molecular formula is C17H26N4O4S. The Bertz CT molecular complexity index is 629. The van der Waals surface area contributed by atoms with Gasteiger partial charge in [0.05, 0.1) is 6.54 Å². The zero-order chi connectivity index (χ0) is 19.5. The van der Waals surface area contributed by atoms with E-state index in [-0.39, 0.29) is 18.9 Å². The lowest BCUT2D eigenvalue weighted by molar-refractivity contribution is -0.148. The molecule has 0 fully saturated rings. The normalized spacial score (nSPS) is 10.3. The number of esters is 1. The summed E-state index contributed by atoms with van der Waals surface area (Å²) in [4.78, 5) is 43.5. The summed E-state index contributed by atoms with van der Waals surface area (Å²) in [5, 5.41) is 5.74. The van der Waals surface area contributed by atoms with Gasteiger partial charge in [0.15, 0.2) is 11.8 Å². The second-order valence-electron chi connectivity index (χ2n) is 5.65. The molecule has 1 heterocycles. The molecular weight excluding hydrogens is 356 g/mol. The molecule has 0 saturated carbocycles. The molecule has 0 aliphatic rings. The molecule has 0 aliphatic carbocycles. The summed E-state index contributed by atoms with van der Waals surface area (Å²) in [6.07, 6.45) is 3.31. The number of nitrogens with zero attached hydrogens (tertiary/aromatic N) is 2. The van der Waals surface area contributed by atoms with Crippen LogP contribution in [0.15, 0.2) is 5.16 Å². The first-order valence-corrected chi connectivity index (χ1v) is 9.67. The average molecular weight is 382 g/mol. The number of aromatic nitrogens is 2. The number of amides is 2. The predicted octanol–water partition coefficient (Wildman–Crippen LogP) is 0.934. The van der Waals surface area contributed by atoms with Crippen LogP contribution in [-0.4, -0.2) is 53.7 Å². The number of nitrogens with one attached hydrogen (secondary N) is 2. The summed E-state index contributed by atoms with van der Waals surface area (Å²) < 4.78 is 4.94. The predicted molar refractivity (Wildman–Crippen MR) is 98.9 cm³/mol. The van der Waals surface area contributed by atoms with Crippen LogP contribution in [0.4, 0.5) is 0 Å². The number of hydrogen-bond donors (Lipinski definition) is 2. The van der Waals surface area contributed by atoms with E-state index in [1.54, 1.807) is 0 Å².